The molecule has 0 radical (unpaired) electrons. The molecule has 0 aliphatic rings. The van der Waals surface area contributed by atoms with E-state index in [-0.39, 0.29) is 6.61 Å². The first kappa shape index (κ1) is 11.2. The maximum Gasteiger partial charge on any atom is 0.0681 e. The molecule has 1 rings (SSSR count). The van der Waals surface area contributed by atoms with Crippen molar-refractivity contribution >= 4 is 0 Å². The molecule has 0 saturated carbocycles. The summed E-state index contributed by atoms with van der Waals surface area (Å²) in [5.41, 5.74) is 7.66. The molecule has 0 heterocycles. The van der Waals surface area contributed by atoms with Crippen LogP contribution in [-0.4, -0.2) is 30.1 Å². The smallest absolute Gasteiger partial charge is 0.0681 e. The Hall–Kier alpha value is -0.900. The third kappa shape index (κ3) is 3.46. The molecule has 0 fully saturated rings. The highest BCUT2D eigenvalue weighted by molar-refractivity contribution is 5.21. The van der Waals surface area contributed by atoms with E-state index in [1.54, 1.807) is 0 Å². The van der Waals surface area contributed by atoms with E-state index >= 15 is 0 Å². The number of aliphatic hydroxyl groups excluding tert-OH is 1. The van der Waals surface area contributed by atoms with Crippen LogP contribution in [0.1, 0.15) is 11.1 Å². The van der Waals surface area contributed by atoms with Gasteiger partial charge in [0.15, 0.2) is 0 Å². The molecule has 78 valence electrons. The Morgan fingerprint density at radius 1 is 1.21 bits per heavy atom. The Kier molecular flexibility index (Phi) is 4.59. The quantitative estimate of drug-likeness (QED) is 0.720. The van der Waals surface area contributed by atoms with Crippen LogP contribution in [0.25, 0.3) is 0 Å². The summed E-state index contributed by atoms with van der Waals surface area (Å²) in [6, 6.07) is 7.98. The van der Waals surface area contributed by atoms with Gasteiger partial charge in [-0.15, -0.1) is 0 Å². The largest absolute Gasteiger partial charge is 0.392 e. The average Bonchev–Trinajstić information content (AvgIpc) is 2.19. The third-order valence-electron chi connectivity index (χ3n) is 2.17. The lowest BCUT2D eigenvalue weighted by molar-refractivity contribution is 0.281. The van der Waals surface area contributed by atoms with Gasteiger partial charge in [-0.3, -0.25) is 0 Å². The molecule has 0 aliphatic carbocycles. The van der Waals surface area contributed by atoms with Crippen molar-refractivity contribution in [3.05, 3.63) is 35.4 Å². The predicted octanol–water partition coefficient (Wildman–Crippen LogP) is 0.569. The third-order valence-corrected chi connectivity index (χ3v) is 2.17. The molecule has 0 unspecified atom stereocenters. The van der Waals surface area contributed by atoms with Crippen molar-refractivity contribution in [2.45, 2.75) is 13.2 Å². The second-order valence-electron chi connectivity index (χ2n) is 3.50. The molecule has 0 bridgehead atoms. The number of aliphatic hydroxyl groups is 1. The van der Waals surface area contributed by atoms with Gasteiger partial charge >= 0.3 is 0 Å². The highest BCUT2D eigenvalue weighted by Gasteiger charge is 1.98. The zero-order chi connectivity index (χ0) is 10.4. The first-order valence-electron chi connectivity index (χ1n) is 4.83. The monoisotopic (exact) mass is 194 g/mol. The van der Waals surface area contributed by atoms with Crippen LogP contribution in [-0.2, 0) is 13.2 Å². The maximum absolute atomic E-state index is 8.87. The van der Waals surface area contributed by atoms with Crippen LogP contribution in [0.5, 0.6) is 0 Å². The van der Waals surface area contributed by atoms with Crippen LogP contribution in [0.2, 0.25) is 0 Å². The van der Waals surface area contributed by atoms with Crippen molar-refractivity contribution in [3.8, 4) is 0 Å². The summed E-state index contributed by atoms with van der Waals surface area (Å²) in [7, 11) is 2.05. The standard InChI is InChI=1S/C11H18N2O/c1-13(7-6-12)8-10-2-4-11(9-14)5-3-10/h2-5,14H,6-9,12H2,1H3. The number of nitrogens with two attached hydrogens (primary N) is 1. The molecule has 0 amide bonds. The Morgan fingerprint density at radius 3 is 2.29 bits per heavy atom. The zero-order valence-electron chi connectivity index (χ0n) is 8.61. The summed E-state index contributed by atoms with van der Waals surface area (Å²) in [4.78, 5) is 2.17. The van der Waals surface area contributed by atoms with Crippen molar-refractivity contribution in [3.63, 3.8) is 0 Å². The molecule has 3 N–H and O–H groups in total. The van der Waals surface area contributed by atoms with E-state index in [1.807, 2.05) is 31.3 Å². The molecule has 3 heteroatoms. The Bertz CT molecular complexity index is 258. The molecule has 0 aliphatic heterocycles. The van der Waals surface area contributed by atoms with Gasteiger partial charge in [0.25, 0.3) is 0 Å². The lowest BCUT2D eigenvalue weighted by Gasteiger charge is -2.15. The van der Waals surface area contributed by atoms with Crippen molar-refractivity contribution in [1.29, 1.82) is 0 Å². The van der Waals surface area contributed by atoms with Gasteiger partial charge in [-0.1, -0.05) is 24.3 Å². The second kappa shape index (κ2) is 5.75. The van der Waals surface area contributed by atoms with Gasteiger partial charge < -0.3 is 15.7 Å². The lowest BCUT2D eigenvalue weighted by atomic mass is 10.1. The SMILES string of the molecule is CN(CCN)Cc1ccc(CO)cc1. The summed E-state index contributed by atoms with van der Waals surface area (Å²) in [6.45, 7) is 2.61. The number of hydrogen-bond donors (Lipinski definition) is 2. The Morgan fingerprint density at radius 2 is 1.79 bits per heavy atom. The molecule has 0 spiro atoms. The molecule has 0 atom stereocenters. The van der Waals surface area contributed by atoms with Crippen LogP contribution in [0.3, 0.4) is 0 Å². The molecular formula is C11H18N2O. The van der Waals surface area contributed by atoms with Gasteiger partial charge in [0, 0.05) is 19.6 Å². The van der Waals surface area contributed by atoms with Crippen LogP contribution < -0.4 is 5.73 Å². The van der Waals surface area contributed by atoms with Gasteiger partial charge in [-0.2, -0.15) is 0 Å². The Labute approximate surface area is 85.2 Å². The summed E-state index contributed by atoms with van der Waals surface area (Å²) < 4.78 is 0. The molecular weight excluding hydrogens is 176 g/mol. The molecule has 1 aromatic carbocycles. The minimum absolute atomic E-state index is 0.110. The van der Waals surface area contributed by atoms with E-state index in [2.05, 4.69) is 4.90 Å². The first-order valence-corrected chi connectivity index (χ1v) is 4.83. The van der Waals surface area contributed by atoms with Crippen molar-refractivity contribution in [2.75, 3.05) is 20.1 Å². The number of nitrogens with zero attached hydrogens (tertiary/aromatic N) is 1. The maximum atomic E-state index is 8.87. The van der Waals surface area contributed by atoms with E-state index in [9.17, 15) is 0 Å². The van der Waals surface area contributed by atoms with Crippen LogP contribution in [0, 0.1) is 0 Å². The van der Waals surface area contributed by atoms with E-state index < -0.39 is 0 Å². The fourth-order valence-corrected chi connectivity index (χ4v) is 1.36. The Balaban J connectivity index is 2.50. The normalized spacial score (nSPS) is 10.9. The fourth-order valence-electron chi connectivity index (χ4n) is 1.36. The van der Waals surface area contributed by atoms with Gasteiger partial charge in [-0.05, 0) is 18.2 Å². The molecule has 14 heavy (non-hydrogen) atoms. The van der Waals surface area contributed by atoms with Gasteiger partial charge in [0.05, 0.1) is 6.61 Å². The molecule has 1 aromatic rings. The summed E-state index contributed by atoms with van der Waals surface area (Å²) in [5, 5.41) is 8.87. The van der Waals surface area contributed by atoms with E-state index in [0.29, 0.717) is 6.54 Å². The van der Waals surface area contributed by atoms with Crippen molar-refractivity contribution in [2.24, 2.45) is 5.73 Å². The van der Waals surface area contributed by atoms with Crippen LogP contribution in [0.4, 0.5) is 0 Å². The predicted molar refractivity (Wildman–Crippen MR) is 57.8 cm³/mol. The summed E-state index contributed by atoms with van der Waals surface area (Å²) in [6.07, 6.45) is 0. The zero-order valence-corrected chi connectivity index (χ0v) is 8.61. The number of rotatable bonds is 5. The molecule has 3 nitrogen and oxygen atoms in total. The highest BCUT2D eigenvalue weighted by Crippen LogP contribution is 2.06. The van der Waals surface area contributed by atoms with E-state index in [0.717, 1.165) is 18.7 Å². The van der Waals surface area contributed by atoms with Gasteiger partial charge in [-0.25, -0.2) is 0 Å². The van der Waals surface area contributed by atoms with Gasteiger partial charge in [0.2, 0.25) is 0 Å². The lowest BCUT2D eigenvalue weighted by Crippen LogP contribution is -2.24. The fraction of sp³-hybridized carbons (Fsp3) is 0.455. The van der Waals surface area contributed by atoms with E-state index in [1.165, 1.54) is 5.56 Å². The molecule has 0 saturated heterocycles. The second-order valence-corrected chi connectivity index (χ2v) is 3.50. The van der Waals surface area contributed by atoms with Gasteiger partial charge in [0.1, 0.15) is 0 Å². The average molecular weight is 194 g/mol. The number of likely N-dealkylation sites (N-methyl/N-ethyl adjacent to an activating group) is 1. The number of benzene rings is 1. The minimum atomic E-state index is 0.110. The highest BCUT2D eigenvalue weighted by atomic mass is 16.3. The summed E-state index contributed by atoms with van der Waals surface area (Å²) in [5.74, 6) is 0. The minimum Gasteiger partial charge on any atom is -0.392 e. The van der Waals surface area contributed by atoms with Crippen LogP contribution >= 0.6 is 0 Å². The van der Waals surface area contributed by atoms with Crippen molar-refractivity contribution < 1.29 is 5.11 Å². The first-order chi connectivity index (χ1) is 6.76. The topological polar surface area (TPSA) is 49.5 Å². The number of hydrogen-bond acceptors (Lipinski definition) is 3. The van der Waals surface area contributed by atoms with Crippen LogP contribution in [0.15, 0.2) is 24.3 Å². The van der Waals surface area contributed by atoms with Crippen molar-refractivity contribution in [1.82, 2.24) is 4.90 Å². The molecule has 0 aromatic heterocycles. The van der Waals surface area contributed by atoms with E-state index in [4.69, 9.17) is 10.8 Å². The summed E-state index contributed by atoms with van der Waals surface area (Å²) >= 11 is 0.